The molecule has 0 atom stereocenters. The Hall–Kier alpha value is -2.11. The Morgan fingerprint density at radius 2 is 2.11 bits per heavy atom. The number of alkyl halides is 2. The van der Waals surface area contributed by atoms with Gasteiger partial charge in [0, 0.05) is 10.4 Å². The van der Waals surface area contributed by atoms with Gasteiger partial charge < -0.3 is 4.42 Å². The molecular formula is C16H13ClF2N4O3S2. The van der Waals surface area contributed by atoms with Crippen molar-refractivity contribution in [3.63, 3.8) is 0 Å². The van der Waals surface area contributed by atoms with E-state index in [1.165, 1.54) is 15.6 Å². The van der Waals surface area contributed by atoms with E-state index in [2.05, 4.69) is 15.2 Å². The maximum Gasteiger partial charge on any atom is 0.314 e. The van der Waals surface area contributed by atoms with Crippen LogP contribution in [0.15, 0.2) is 34.1 Å². The molecule has 1 aliphatic carbocycles. The zero-order valence-corrected chi connectivity index (χ0v) is 16.5. The molecule has 0 bridgehead atoms. The zero-order chi connectivity index (χ0) is 19.9. The van der Waals surface area contributed by atoms with E-state index in [9.17, 15) is 17.2 Å². The molecular weight excluding hydrogens is 434 g/mol. The summed E-state index contributed by atoms with van der Waals surface area (Å²) in [6, 6.07) is 6.56. The lowest BCUT2D eigenvalue weighted by molar-refractivity contribution is 0.116. The SMILES string of the molecule is O=S(=O)(C1CC1)N(Cc1nc(-c2nnc(C(F)F)o2)cs1)c1cccc(Cl)c1. The van der Waals surface area contributed by atoms with Crippen molar-refractivity contribution in [2.75, 3.05) is 4.31 Å². The molecule has 1 fully saturated rings. The fourth-order valence-electron chi connectivity index (χ4n) is 2.54. The predicted molar refractivity (Wildman–Crippen MR) is 99.9 cm³/mol. The molecule has 1 aliphatic rings. The maximum atomic E-state index is 12.9. The first-order valence-corrected chi connectivity index (χ1v) is 10.9. The van der Waals surface area contributed by atoms with Crippen molar-refractivity contribution in [2.24, 2.45) is 0 Å². The van der Waals surface area contributed by atoms with Crippen molar-refractivity contribution >= 4 is 38.6 Å². The van der Waals surface area contributed by atoms with Gasteiger partial charge in [-0.3, -0.25) is 4.31 Å². The van der Waals surface area contributed by atoms with E-state index < -0.39 is 27.6 Å². The van der Waals surface area contributed by atoms with Crippen molar-refractivity contribution in [1.29, 1.82) is 0 Å². The molecule has 3 aromatic rings. The number of sulfonamides is 1. The maximum absolute atomic E-state index is 12.9. The molecule has 148 valence electrons. The topological polar surface area (TPSA) is 89.2 Å². The summed E-state index contributed by atoms with van der Waals surface area (Å²) in [5.74, 6) is -0.932. The van der Waals surface area contributed by atoms with Gasteiger partial charge in [0.2, 0.25) is 10.0 Å². The summed E-state index contributed by atoms with van der Waals surface area (Å²) in [6.45, 7) is -0.0142. The van der Waals surface area contributed by atoms with Gasteiger partial charge in [0.1, 0.15) is 10.7 Å². The lowest BCUT2D eigenvalue weighted by Crippen LogP contribution is -2.33. The predicted octanol–water partition coefficient (Wildman–Crippen LogP) is 4.28. The Balaban J connectivity index is 1.63. The Morgan fingerprint density at radius 3 is 2.75 bits per heavy atom. The molecule has 0 spiro atoms. The van der Waals surface area contributed by atoms with Gasteiger partial charge in [-0.1, -0.05) is 17.7 Å². The summed E-state index contributed by atoms with van der Waals surface area (Å²) in [4.78, 5) is 4.27. The van der Waals surface area contributed by atoms with Crippen LogP contribution in [0.25, 0.3) is 11.6 Å². The average Bonchev–Trinajstić information content (AvgIpc) is 3.22. The second-order valence-corrected chi connectivity index (χ2v) is 9.62. The number of nitrogens with zero attached hydrogens (tertiary/aromatic N) is 4. The van der Waals surface area contributed by atoms with E-state index in [-0.39, 0.29) is 18.1 Å². The van der Waals surface area contributed by atoms with Gasteiger partial charge >= 0.3 is 6.43 Å². The normalized spacial score (nSPS) is 14.6. The van der Waals surface area contributed by atoms with Crippen molar-refractivity contribution in [3.05, 3.63) is 45.6 Å². The number of hydrogen-bond donors (Lipinski definition) is 0. The third kappa shape index (κ3) is 3.87. The zero-order valence-electron chi connectivity index (χ0n) is 14.1. The van der Waals surface area contributed by atoms with E-state index in [1.54, 1.807) is 29.6 Å². The number of halogens is 3. The largest absolute Gasteiger partial charge is 0.414 e. The smallest absolute Gasteiger partial charge is 0.314 e. The molecule has 2 heterocycles. The Kier molecular flexibility index (Phi) is 5.06. The van der Waals surface area contributed by atoms with Crippen LogP contribution in [-0.4, -0.2) is 28.8 Å². The Labute approximate surface area is 168 Å². The third-order valence-electron chi connectivity index (χ3n) is 4.03. The van der Waals surface area contributed by atoms with E-state index in [4.69, 9.17) is 16.0 Å². The van der Waals surface area contributed by atoms with Gasteiger partial charge in [-0.05, 0) is 31.0 Å². The van der Waals surface area contributed by atoms with Crippen molar-refractivity contribution in [1.82, 2.24) is 15.2 Å². The third-order valence-corrected chi connectivity index (χ3v) is 7.36. The highest BCUT2D eigenvalue weighted by atomic mass is 35.5. The van der Waals surface area contributed by atoms with Gasteiger partial charge in [-0.15, -0.1) is 21.5 Å². The lowest BCUT2D eigenvalue weighted by Gasteiger charge is -2.23. The summed E-state index contributed by atoms with van der Waals surface area (Å²) in [5, 5.41) is 8.83. The minimum absolute atomic E-state index is 0.0142. The van der Waals surface area contributed by atoms with Crippen LogP contribution in [0.1, 0.15) is 30.2 Å². The van der Waals surface area contributed by atoms with Crippen LogP contribution in [0.5, 0.6) is 0 Å². The average molecular weight is 447 g/mol. The van der Waals surface area contributed by atoms with Gasteiger partial charge in [-0.25, -0.2) is 13.4 Å². The summed E-state index contributed by atoms with van der Waals surface area (Å²) < 4.78 is 57.2. The summed E-state index contributed by atoms with van der Waals surface area (Å²) in [7, 11) is -3.57. The molecule has 0 radical (unpaired) electrons. The minimum atomic E-state index is -3.57. The summed E-state index contributed by atoms with van der Waals surface area (Å²) in [6.07, 6.45) is -1.65. The number of thiazole rings is 1. The summed E-state index contributed by atoms with van der Waals surface area (Å²) in [5.41, 5.74) is 0.656. The number of aromatic nitrogens is 3. The number of hydrogen-bond acceptors (Lipinski definition) is 7. The highest BCUT2D eigenvalue weighted by Gasteiger charge is 2.40. The van der Waals surface area contributed by atoms with Crippen LogP contribution in [0.4, 0.5) is 14.5 Å². The fourth-order valence-corrected chi connectivity index (χ4v) is 5.36. The first kappa shape index (κ1) is 19.2. The number of rotatable bonds is 7. The molecule has 0 aliphatic heterocycles. The molecule has 0 unspecified atom stereocenters. The van der Waals surface area contributed by atoms with Gasteiger partial charge in [0.05, 0.1) is 17.5 Å². The molecule has 0 N–H and O–H groups in total. The molecule has 12 heteroatoms. The molecule has 1 aromatic carbocycles. The van der Waals surface area contributed by atoms with E-state index >= 15 is 0 Å². The van der Waals surface area contributed by atoms with E-state index in [0.717, 1.165) is 0 Å². The van der Waals surface area contributed by atoms with Crippen LogP contribution in [-0.2, 0) is 16.6 Å². The minimum Gasteiger partial charge on any atom is -0.414 e. The molecule has 0 amide bonds. The van der Waals surface area contributed by atoms with E-state index in [0.29, 0.717) is 28.6 Å². The van der Waals surface area contributed by atoms with Gasteiger partial charge in [0.25, 0.3) is 11.8 Å². The highest BCUT2D eigenvalue weighted by Crippen LogP contribution is 2.36. The van der Waals surface area contributed by atoms with Crippen LogP contribution < -0.4 is 4.31 Å². The molecule has 28 heavy (non-hydrogen) atoms. The quantitative estimate of drug-likeness (QED) is 0.538. The molecule has 4 rings (SSSR count). The molecule has 7 nitrogen and oxygen atoms in total. The summed E-state index contributed by atoms with van der Waals surface area (Å²) >= 11 is 7.20. The highest BCUT2D eigenvalue weighted by molar-refractivity contribution is 7.93. The van der Waals surface area contributed by atoms with Crippen LogP contribution in [0.2, 0.25) is 5.02 Å². The first-order valence-electron chi connectivity index (χ1n) is 8.18. The number of benzene rings is 1. The van der Waals surface area contributed by atoms with E-state index in [1.807, 2.05) is 0 Å². The molecule has 1 saturated carbocycles. The van der Waals surface area contributed by atoms with Crippen LogP contribution in [0, 0.1) is 0 Å². The van der Waals surface area contributed by atoms with Crippen molar-refractivity contribution < 1.29 is 21.6 Å². The monoisotopic (exact) mass is 446 g/mol. The van der Waals surface area contributed by atoms with Gasteiger partial charge in [-0.2, -0.15) is 8.78 Å². The van der Waals surface area contributed by atoms with Gasteiger partial charge in [0.15, 0.2) is 0 Å². The Bertz CT molecular complexity index is 1100. The second kappa shape index (κ2) is 7.37. The molecule has 0 saturated heterocycles. The molecule has 2 aromatic heterocycles. The number of anilines is 1. The van der Waals surface area contributed by atoms with Crippen molar-refractivity contribution in [3.8, 4) is 11.6 Å². The van der Waals surface area contributed by atoms with Crippen molar-refractivity contribution in [2.45, 2.75) is 31.1 Å². The fraction of sp³-hybridized carbons (Fsp3) is 0.312. The standard InChI is InChI=1S/C16H13ClF2N4O3S2/c17-9-2-1-3-10(6-9)23(28(24,25)11-4-5-11)7-13-20-12(8-27-13)15-21-22-16(26-15)14(18)19/h1-3,6,8,11,14H,4-5,7H2. The lowest BCUT2D eigenvalue weighted by atomic mass is 10.3. The van der Waals surface area contributed by atoms with Crippen LogP contribution in [0.3, 0.4) is 0 Å². The first-order chi connectivity index (χ1) is 13.3. The Morgan fingerprint density at radius 1 is 1.32 bits per heavy atom. The second-order valence-electron chi connectivity index (χ2n) is 6.10. The van der Waals surface area contributed by atoms with Crippen LogP contribution >= 0.6 is 22.9 Å².